The average molecular weight is 455 g/mol. The van der Waals surface area contributed by atoms with Crippen LogP contribution in [0.15, 0.2) is 72.8 Å². The summed E-state index contributed by atoms with van der Waals surface area (Å²) in [6.07, 6.45) is 1.61. The van der Waals surface area contributed by atoms with Crippen molar-refractivity contribution in [2.45, 2.75) is 19.4 Å². The largest absolute Gasteiger partial charge is 0.455 e. The molecule has 1 amide bonds. The summed E-state index contributed by atoms with van der Waals surface area (Å²) < 4.78 is 5.96. The van der Waals surface area contributed by atoms with Gasteiger partial charge >= 0.3 is 0 Å². The fourth-order valence-electron chi connectivity index (χ4n) is 3.75. The van der Waals surface area contributed by atoms with Crippen molar-refractivity contribution in [3.8, 4) is 11.5 Å². The number of rotatable bonds is 6. The van der Waals surface area contributed by atoms with E-state index in [1.807, 2.05) is 66.7 Å². The van der Waals surface area contributed by atoms with Crippen LogP contribution in [-0.2, 0) is 11.3 Å². The highest BCUT2D eigenvalue weighted by Gasteiger charge is 2.26. The summed E-state index contributed by atoms with van der Waals surface area (Å²) >= 11 is 12.3. The van der Waals surface area contributed by atoms with Gasteiger partial charge in [0.05, 0.1) is 5.69 Å². The van der Waals surface area contributed by atoms with Gasteiger partial charge in [-0.1, -0.05) is 59.6 Å². The van der Waals surface area contributed by atoms with Crippen LogP contribution in [0.25, 0.3) is 0 Å². The van der Waals surface area contributed by atoms with Crippen LogP contribution in [-0.4, -0.2) is 23.9 Å². The molecule has 0 aromatic heterocycles. The second kappa shape index (κ2) is 10.2. The summed E-state index contributed by atoms with van der Waals surface area (Å²) in [6.45, 7) is 2.45. The highest BCUT2D eigenvalue weighted by Crippen LogP contribution is 2.31. The summed E-state index contributed by atoms with van der Waals surface area (Å²) in [5, 5.41) is 4.38. The van der Waals surface area contributed by atoms with Gasteiger partial charge in [-0.05, 0) is 67.9 Å². The molecule has 1 aliphatic heterocycles. The Kier molecular flexibility index (Phi) is 7.13. The van der Waals surface area contributed by atoms with Crippen molar-refractivity contribution in [3.63, 3.8) is 0 Å². The molecule has 1 fully saturated rings. The molecule has 3 aromatic rings. The van der Waals surface area contributed by atoms with Crippen molar-refractivity contribution in [1.82, 2.24) is 4.90 Å². The molecule has 0 aliphatic carbocycles. The molecule has 31 heavy (non-hydrogen) atoms. The van der Waals surface area contributed by atoms with E-state index in [1.54, 1.807) is 6.07 Å². The smallest absolute Gasteiger partial charge is 0.227 e. The van der Waals surface area contributed by atoms with Gasteiger partial charge in [-0.2, -0.15) is 0 Å². The molecule has 6 heteroatoms. The standard InChI is InChI=1S/C25H24Cl2N2O2/c26-20-11-10-19(22(27)16-20)17-29-14-12-18(13-15-29)25(30)28-23-8-4-5-9-24(23)31-21-6-2-1-3-7-21/h1-11,16,18H,12-15,17H2,(H,28,30). The summed E-state index contributed by atoms with van der Waals surface area (Å²) in [5.41, 5.74) is 1.74. The highest BCUT2D eigenvalue weighted by atomic mass is 35.5. The van der Waals surface area contributed by atoms with Crippen molar-refractivity contribution in [1.29, 1.82) is 0 Å². The number of carbonyl (C=O) groups excluding carboxylic acids is 1. The van der Waals surface area contributed by atoms with E-state index in [0.717, 1.165) is 43.8 Å². The second-order valence-corrected chi connectivity index (χ2v) is 8.53. The van der Waals surface area contributed by atoms with Gasteiger partial charge in [-0.3, -0.25) is 9.69 Å². The number of hydrogen-bond acceptors (Lipinski definition) is 3. The van der Waals surface area contributed by atoms with E-state index in [9.17, 15) is 4.79 Å². The van der Waals surface area contributed by atoms with Crippen molar-refractivity contribution in [2.75, 3.05) is 18.4 Å². The molecule has 0 unspecified atom stereocenters. The lowest BCUT2D eigenvalue weighted by atomic mass is 9.95. The van der Waals surface area contributed by atoms with Crippen molar-refractivity contribution in [2.24, 2.45) is 5.92 Å². The predicted molar refractivity (Wildman–Crippen MR) is 126 cm³/mol. The van der Waals surface area contributed by atoms with Crippen molar-refractivity contribution >= 4 is 34.8 Å². The maximum absolute atomic E-state index is 12.9. The molecule has 1 N–H and O–H groups in total. The number of likely N-dealkylation sites (tertiary alicyclic amines) is 1. The van der Waals surface area contributed by atoms with Gasteiger partial charge in [0.25, 0.3) is 0 Å². The molecule has 1 heterocycles. The average Bonchev–Trinajstić information content (AvgIpc) is 2.78. The van der Waals surface area contributed by atoms with Crippen LogP contribution in [0.2, 0.25) is 10.0 Å². The van der Waals surface area contributed by atoms with E-state index >= 15 is 0 Å². The molecule has 0 atom stereocenters. The van der Waals surface area contributed by atoms with Gasteiger partial charge in [0.2, 0.25) is 5.91 Å². The number of hydrogen-bond donors (Lipinski definition) is 1. The Bertz CT molecular complexity index is 1030. The molecule has 1 aliphatic rings. The van der Waals surface area contributed by atoms with E-state index in [0.29, 0.717) is 21.5 Å². The summed E-state index contributed by atoms with van der Waals surface area (Å²) in [5.74, 6) is 1.38. The van der Waals surface area contributed by atoms with E-state index in [4.69, 9.17) is 27.9 Å². The first-order chi connectivity index (χ1) is 15.1. The zero-order valence-corrected chi connectivity index (χ0v) is 18.6. The Morgan fingerprint density at radius 3 is 2.42 bits per heavy atom. The molecule has 0 bridgehead atoms. The zero-order chi connectivity index (χ0) is 21.6. The number of amides is 1. The molecule has 4 rings (SSSR count). The summed E-state index contributed by atoms with van der Waals surface area (Å²) in [7, 11) is 0. The maximum Gasteiger partial charge on any atom is 0.227 e. The Morgan fingerprint density at radius 1 is 0.968 bits per heavy atom. The number of carbonyl (C=O) groups is 1. The number of nitrogens with one attached hydrogen (secondary N) is 1. The lowest BCUT2D eigenvalue weighted by molar-refractivity contribution is -0.121. The van der Waals surface area contributed by atoms with Gasteiger partial charge in [0.1, 0.15) is 5.75 Å². The summed E-state index contributed by atoms with van der Waals surface area (Å²) in [4.78, 5) is 15.2. The van der Waals surface area contributed by atoms with E-state index in [-0.39, 0.29) is 11.8 Å². The third-order valence-electron chi connectivity index (χ3n) is 5.48. The Balaban J connectivity index is 1.33. The molecule has 160 valence electrons. The van der Waals surface area contributed by atoms with Crippen LogP contribution in [0.1, 0.15) is 18.4 Å². The van der Waals surface area contributed by atoms with Crippen molar-refractivity contribution < 1.29 is 9.53 Å². The van der Waals surface area contributed by atoms with Crippen molar-refractivity contribution in [3.05, 3.63) is 88.4 Å². The third kappa shape index (κ3) is 5.79. The fourth-order valence-corrected chi connectivity index (χ4v) is 4.22. The molecule has 1 saturated heterocycles. The number of anilines is 1. The molecule has 4 nitrogen and oxygen atoms in total. The van der Waals surface area contributed by atoms with Crippen LogP contribution in [0, 0.1) is 5.92 Å². The van der Waals surface area contributed by atoms with Crippen LogP contribution in [0.3, 0.4) is 0 Å². The lowest BCUT2D eigenvalue weighted by Crippen LogP contribution is -2.37. The Hall–Kier alpha value is -2.53. The first-order valence-electron chi connectivity index (χ1n) is 10.4. The number of nitrogens with zero attached hydrogens (tertiary/aromatic N) is 1. The van der Waals surface area contributed by atoms with Crippen LogP contribution < -0.4 is 10.1 Å². The second-order valence-electron chi connectivity index (χ2n) is 7.69. The summed E-state index contributed by atoms with van der Waals surface area (Å²) in [6, 6.07) is 22.7. The first kappa shape index (κ1) is 21.7. The van der Waals surface area contributed by atoms with E-state index in [2.05, 4.69) is 10.2 Å². The molecule has 0 saturated carbocycles. The maximum atomic E-state index is 12.9. The topological polar surface area (TPSA) is 41.6 Å². The molecule has 0 radical (unpaired) electrons. The van der Waals surface area contributed by atoms with Gasteiger partial charge in [-0.25, -0.2) is 0 Å². The number of ether oxygens (including phenoxy) is 1. The Morgan fingerprint density at radius 2 is 1.68 bits per heavy atom. The molecular formula is C25H24Cl2N2O2. The van der Waals surface area contributed by atoms with E-state index in [1.165, 1.54) is 0 Å². The van der Waals surface area contributed by atoms with Gasteiger partial charge in [-0.15, -0.1) is 0 Å². The number of para-hydroxylation sites is 3. The quantitative estimate of drug-likeness (QED) is 0.453. The first-order valence-corrected chi connectivity index (χ1v) is 11.1. The highest BCUT2D eigenvalue weighted by molar-refractivity contribution is 6.35. The lowest BCUT2D eigenvalue weighted by Gasteiger charge is -2.31. The fraction of sp³-hybridized carbons (Fsp3) is 0.240. The van der Waals surface area contributed by atoms with Gasteiger partial charge in [0, 0.05) is 22.5 Å². The normalized spacial score (nSPS) is 14.9. The molecular weight excluding hydrogens is 431 g/mol. The third-order valence-corrected chi connectivity index (χ3v) is 6.07. The van der Waals surface area contributed by atoms with Crippen LogP contribution in [0.5, 0.6) is 11.5 Å². The number of benzene rings is 3. The molecule has 0 spiro atoms. The van der Waals surface area contributed by atoms with E-state index < -0.39 is 0 Å². The zero-order valence-electron chi connectivity index (χ0n) is 17.1. The minimum atomic E-state index is -0.0262. The molecule has 3 aromatic carbocycles. The van der Waals surface area contributed by atoms with Gasteiger partial charge < -0.3 is 10.1 Å². The van der Waals surface area contributed by atoms with Crippen LogP contribution >= 0.6 is 23.2 Å². The minimum absolute atomic E-state index is 0.0262. The number of piperidine rings is 1. The predicted octanol–water partition coefficient (Wildman–Crippen LogP) is 6.64. The Labute approximate surface area is 192 Å². The SMILES string of the molecule is O=C(Nc1ccccc1Oc1ccccc1)C1CCN(Cc2ccc(Cl)cc2Cl)CC1. The number of halogens is 2. The minimum Gasteiger partial charge on any atom is -0.455 e. The monoisotopic (exact) mass is 454 g/mol. The van der Waals surface area contributed by atoms with Gasteiger partial charge in [0.15, 0.2) is 5.75 Å². The van der Waals surface area contributed by atoms with Crippen LogP contribution in [0.4, 0.5) is 5.69 Å².